The van der Waals surface area contributed by atoms with Gasteiger partial charge in [0.1, 0.15) is 5.82 Å². The second-order valence-electron chi connectivity index (χ2n) is 6.58. The lowest BCUT2D eigenvalue weighted by Gasteiger charge is -2.30. The molecule has 0 bridgehead atoms. The summed E-state index contributed by atoms with van der Waals surface area (Å²) in [5.41, 5.74) is 0.712. The molecular formula is C19H25N5O2. The van der Waals surface area contributed by atoms with Crippen LogP contribution in [0, 0.1) is 0 Å². The van der Waals surface area contributed by atoms with E-state index in [-0.39, 0.29) is 17.5 Å². The highest BCUT2D eigenvalue weighted by Gasteiger charge is 2.27. The SMILES string of the molecule is C=CCNC(=O)CN1CCC(c2nn(C)c(=O)n2-c2ccccc2)CC1. The van der Waals surface area contributed by atoms with Crippen LogP contribution in [0.5, 0.6) is 0 Å². The molecule has 138 valence electrons. The highest BCUT2D eigenvalue weighted by atomic mass is 16.2. The van der Waals surface area contributed by atoms with Gasteiger partial charge in [-0.05, 0) is 38.1 Å². The van der Waals surface area contributed by atoms with Gasteiger partial charge in [0.25, 0.3) is 0 Å². The third-order valence-electron chi connectivity index (χ3n) is 4.73. The first kappa shape index (κ1) is 18.1. The number of carbonyl (C=O) groups excluding carboxylic acids is 1. The van der Waals surface area contributed by atoms with Crippen molar-refractivity contribution in [2.45, 2.75) is 18.8 Å². The summed E-state index contributed by atoms with van der Waals surface area (Å²) in [6.45, 7) is 6.11. The molecule has 0 atom stereocenters. The van der Waals surface area contributed by atoms with Crippen LogP contribution in [0.4, 0.5) is 0 Å². The molecule has 3 rings (SSSR count). The van der Waals surface area contributed by atoms with Crippen LogP contribution in [-0.4, -0.2) is 51.3 Å². The van der Waals surface area contributed by atoms with Crippen molar-refractivity contribution in [1.29, 1.82) is 0 Å². The molecule has 2 heterocycles. The van der Waals surface area contributed by atoms with Crippen molar-refractivity contribution in [2.24, 2.45) is 7.05 Å². The topological polar surface area (TPSA) is 72.2 Å². The highest BCUT2D eigenvalue weighted by Crippen LogP contribution is 2.27. The van der Waals surface area contributed by atoms with Gasteiger partial charge >= 0.3 is 5.69 Å². The van der Waals surface area contributed by atoms with Crippen molar-refractivity contribution >= 4 is 5.91 Å². The average molecular weight is 355 g/mol. The number of nitrogens with zero attached hydrogens (tertiary/aromatic N) is 4. The van der Waals surface area contributed by atoms with E-state index in [1.54, 1.807) is 17.7 Å². The zero-order valence-corrected chi connectivity index (χ0v) is 15.1. The molecule has 0 aliphatic carbocycles. The molecule has 0 unspecified atom stereocenters. The van der Waals surface area contributed by atoms with E-state index in [9.17, 15) is 9.59 Å². The largest absolute Gasteiger partial charge is 0.352 e. The maximum Gasteiger partial charge on any atom is 0.350 e. The Bertz CT molecular complexity index is 816. The quantitative estimate of drug-likeness (QED) is 0.787. The molecule has 1 saturated heterocycles. The van der Waals surface area contributed by atoms with Crippen LogP contribution in [-0.2, 0) is 11.8 Å². The first-order valence-corrected chi connectivity index (χ1v) is 8.91. The predicted molar refractivity (Wildman–Crippen MR) is 100 cm³/mol. The normalized spacial score (nSPS) is 15.7. The maximum atomic E-state index is 12.5. The number of aromatic nitrogens is 3. The summed E-state index contributed by atoms with van der Waals surface area (Å²) in [5.74, 6) is 1.03. The van der Waals surface area contributed by atoms with E-state index in [0.29, 0.717) is 13.1 Å². The van der Waals surface area contributed by atoms with E-state index < -0.39 is 0 Å². The fraction of sp³-hybridized carbons (Fsp3) is 0.421. The molecule has 1 aromatic heterocycles. The van der Waals surface area contributed by atoms with E-state index in [4.69, 9.17) is 0 Å². The van der Waals surface area contributed by atoms with Crippen LogP contribution < -0.4 is 11.0 Å². The number of rotatable bonds is 6. The van der Waals surface area contributed by atoms with Gasteiger partial charge in [-0.25, -0.2) is 14.0 Å². The average Bonchev–Trinajstić information content (AvgIpc) is 2.96. The van der Waals surface area contributed by atoms with E-state index in [1.807, 2.05) is 30.3 Å². The van der Waals surface area contributed by atoms with Crippen molar-refractivity contribution in [3.05, 3.63) is 59.3 Å². The smallest absolute Gasteiger partial charge is 0.350 e. The van der Waals surface area contributed by atoms with Gasteiger partial charge in [-0.15, -0.1) is 6.58 Å². The molecule has 0 saturated carbocycles. The molecular weight excluding hydrogens is 330 g/mol. The molecule has 0 radical (unpaired) electrons. The van der Waals surface area contributed by atoms with Crippen LogP contribution >= 0.6 is 0 Å². The van der Waals surface area contributed by atoms with Crippen molar-refractivity contribution in [3.63, 3.8) is 0 Å². The summed E-state index contributed by atoms with van der Waals surface area (Å²) in [4.78, 5) is 26.5. The number of benzene rings is 1. The summed E-state index contributed by atoms with van der Waals surface area (Å²) in [6.07, 6.45) is 3.42. The minimum atomic E-state index is -0.127. The Hall–Kier alpha value is -2.67. The number of piperidine rings is 1. The highest BCUT2D eigenvalue weighted by molar-refractivity contribution is 5.78. The molecule has 7 heteroatoms. The lowest BCUT2D eigenvalue weighted by atomic mass is 9.95. The fourth-order valence-corrected chi connectivity index (χ4v) is 3.36. The van der Waals surface area contributed by atoms with Crippen molar-refractivity contribution in [2.75, 3.05) is 26.2 Å². The van der Waals surface area contributed by atoms with Gasteiger partial charge in [0.2, 0.25) is 5.91 Å². The lowest BCUT2D eigenvalue weighted by Crippen LogP contribution is -2.41. The van der Waals surface area contributed by atoms with Gasteiger partial charge in [0.05, 0.1) is 12.2 Å². The van der Waals surface area contributed by atoms with Crippen LogP contribution in [0.1, 0.15) is 24.6 Å². The Morgan fingerprint density at radius 3 is 2.65 bits per heavy atom. The molecule has 26 heavy (non-hydrogen) atoms. The van der Waals surface area contributed by atoms with Crippen LogP contribution in [0.2, 0.25) is 0 Å². The fourth-order valence-electron chi connectivity index (χ4n) is 3.36. The summed E-state index contributed by atoms with van der Waals surface area (Å²) in [6, 6.07) is 9.61. The molecule has 1 amide bonds. The van der Waals surface area contributed by atoms with Crippen LogP contribution in [0.25, 0.3) is 5.69 Å². The van der Waals surface area contributed by atoms with Gasteiger partial charge in [-0.3, -0.25) is 9.69 Å². The number of likely N-dealkylation sites (tertiary alicyclic amines) is 1. The van der Waals surface area contributed by atoms with E-state index >= 15 is 0 Å². The third-order valence-corrected chi connectivity index (χ3v) is 4.73. The van der Waals surface area contributed by atoms with Gasteiger partial charge < -0.3 is 5.32 Å². The van der Waals surface area contributed by atoms with E-state index in [2.05, 4.69) is 21.9 Å². The van der Waals surface area contributed by atoms with Crippen molar-refractivity contribution < 1.29 is 4.79 Å². The number of aryl methyl sites for hydroxylation is 1. The number of hydrogen-bond acceptors (Lipinski definition) is 4. The monoisotopic (exact) mass is 355 g/mol. The Balaban J connectivity index is 1.71. The number of hydrogen-bond donors (Lipinski definition) is 1. The zero-order chi connectivity index (χ0) is 18.5. The first-order chi connectivity index (χ1) is 12.6. The Morgan fingerprint density at radius 1 is 1.31 bits per heavy atom. The van der Waals surface area contributed by atoms with Crippen LogP contribution in [0.3, 0.4) is 0 Å². The summed E-state index contributed by atoms with van der Waals surface area (Å²) in [7, 11) is 1.68. The molecule has 7 nitrogen and oxygen atoms in total. The Morgan fingerprint density at radius 2 is 2.00 bits per heavy atom. The Kier molecular flexibility index (Phi) is 5.68. The van der Waals surface area contributed by atoms with Gasteiger partial charge in [-0.2, -0.15) is 5.10 Å². The number of carbonyl (C=O) groups is 1. The van der Waals surface area contributed by atoms with Crippen molar-refractivity contribution in [1.82, 2.24) is 24.6 Å². The maximum absolute atomic E-state index is 12.5. The molecule has 0 spiro atoms. The van der Waals surface area contributed by atoms with Crippen LogP contribution in [0.15, 0.2) is 47.8 Å². The molecule has 2 aromatic rings. The van der Waals surface area contributed by atoms with E-state index in [0.717, 1.165) is 37.4 Å². The standard InChI is InChI=1S/C19H25N5O2/c1-3-11-20-17(25)14-23-12-9-15(10-13-23)18-21-22(2)19(26)24(18)16-7-5-4-6-8-16/h3-8,15H,1,9-14H2,2H3,(H,20,25). The van der Waals surface area contributed by atoms with Gasteiger partial charge in [0, 0.05) is 19.5 Å². The molecule has 1 fully saturated rings. The minimum Gasteiger partial charge on any atom is -0.352 e. The second kappa shape index (κ2) is 8.14. The molecule has 1 aliphatic rings. The minimum absolute atomic E-state index is 0.0161. The summed E-state index contributed by atoms with van der Waals surface area (Å²) >= 11 is 0. The number of amides is 1. The lowest BCUT2D eigenvalue weighted by molar-refractivity contribution is -0.122. The van der Waals surface area contributed by atoms with Gasteiger partial charge in [-0.1, -0.05) is 24.3 Å². The van der Waals surface area contributed by atoms with E-state index in [1.165, 1.54) is 4.68 Å². The summed E-state index contributed by atoms with van der Waals surface area (Å²) in [5, 5.41) is 7.30. The molecule has 1 aromatic carbocycles. The predicted octanol–water partition coefficient (Wildman–Crippen LogP) is 1.05. The zero-order valence-electron chi connectivity index (χ0n) is 15.1. The molecule has 1 N–H and O–H groups in total. The number of para-hydroxylation sites is 1. The number of nitrogens with one attached hydrogen (secondary N) is 1. The van der Waals surface area contributed by atoms with Crippen molar-refractivity contribution in [3.8, 4) is 5.69 Å². The third kappa shape index (κ3) is 3.94. The van der Waals surface area contributed by atoms with Gasteiger partial charge in [0.15, 0.2) is 0 Å². The Labute approximate surface area is 152 Å². The second-order valence-corrected chi connectivity index (χ2v) is 6.58. The summed E-state index contributed by atoms with van der Waals surface area (Å²) < 4.78 is 3.11. The first-order valence-electron chi connectivity index (χ1n) is 8.91. The molecule has 1 aliphatic heterocycles.